The molecule has 6 aromatic carbocycles. The van der Waals surface area contributed by atoms with Crippen LogP contribution in [0.2, 0.25) is 20.1 Å². The molecule has 14 nitrogen and oxygen atoms in total. The Bertz CT molecular complexity index is 3590. The van der Waals surface area contributed by atoms with E-state index in [4.69, 9.17) is 55.9 Å². The average molecular weight is 1340 g/mol. The first-order chi connectivity index (χ1) is 43.6. The van der Waals surface area contributed by atoms with E-state index in [0.29, 0.717) is 25.9 Å². The minimum atomic E-state index is -1.84. The predicted molar refractivity (Wildman–Crippen MR) is 351 cm³/mol. The lowest BCUT2D eigenvalue weighted by molar-refractivity contribution is -0.119. The highest BCUT2D eigenvalue weighted by atomic mass is 35.5. The number of benzene rings is 6. The van der Waals surface area contributed by atoms with Crippen molar-refractivity contribution in [3.63, 3.8) is 0 Å². The van der Waals surface area contributed by atoms with Gasteiger partial charge in [0.2, 0.25) is 11.8 Å². The summed E-state index contributed by atoms with van der Waals surface area (Å²) in [6.07, 6.45) is 5.31. The Labute approximate surface area is 554 Å². The Morgan fingerprint density at radius 1 is 0.533 bits per heavy atom. The van der Waals surface area contributed by atoms with Gasteiger partial charge in [-0.15, -0.1) is 0 Å². The number of nitrogens with one attached hydrogen (secondary N) is 6. The lowest BCUT2D eigenvalue weighted by atomic mass is 9.62. The molecule has 8 atom stereocenters. The van der Waals surface area contributed by atoms with E-state index in [1.54, 1.807) is 0 Å². The van der Waals surface area contributed by atoms with Crippen LogP contribution >= 0.6 is 46.4 Å². The Hall–Kier alpha value is -7.42. The van der Waals surface area contributed by atoms with E-state index in [2.05, 4.69) is 44.0 Å². The van der Waals surface area contributed by atoms with Crippen LogP contribution in [0.5, 0.6) is 11.5 Å². The van der Waals surface area contributed by atoms with E-state index in [-0.39, 0.29) is 101 Å². The maximum atomic E-state index is 16.2. The van der Waals surface area contributed by atoms with Gasteiger partial charge in [0.15, 0.2) is 0 Å². The molecule has 2 fully saturated rings. The number of carbonyl (C=O) groups is 4. The number of unbranched alkanes of at least 4 members (excludes halogenated alkanes) is 5. The molecule has 6 aromatic rings. The molecule has 92 heavy (non-hydrogen) atoms. The van der Waals surface area contributed by atoms with Gasteiger partial charge in [-0.2, -0.15) is 10.5 Å². The van der Waals surface area contributed by atoms with Gasteiger partial charge in [-0.3, -0.25) is 19.2 Å². The largest absolute Gasteiger partial charge is 0.495 e. The number of methoxy groups -OCH3 is 2. The smallest absolute Gasteiger partial charge is 0.251 e. The molecule has 0 spiro atoms. The molecule has 22 heteroatoms. The van der Waals surface area contributed by atoms with E-state index in [0.717, 1.165) is 37.8 Å². The molecule has 0 aromatic heterocycles. The van der Waals surface area contributed by atoms with Crippen LogP contribution in [-0.2, 0) is 20.4 Å². The number of hydrogen-bond acceptors (Lipinski definition) is 10. The third-order valence-corrected chi connectivity index (χ3v) is 18.1. The van der Waals surface area contributed by atoms with Gasteiger partial charge < -0.3 is 41.4 Å². The third-order valence-electron chi connectivity index (χ3n) is 17.1. The molecule has 2 aliphatic rings. The van der Waals surface area contributed by atoms with Crippen molar-refractivity contribution in [2.24, 2.45) is 10.8 Å². The van der Waals surface area contributed by atoms with Crippen LogP contribution in [0.4, 0.5) is 28.9 Å². The fraction of sp³-hybridized carbons (Fsp3) is 0.400. The van der Waals surface area contributed by atoms with Gasteiger partial charge in [0.05, 0.1) is 59.9 Å². The molecule has 2 saturated heterocycles. The first kappa shape index (κ1) is 70.4. The summed E-state index contributed by atoms with van der Waals surface area (Å²) in [5, 5.41) is 40.3. The monoisotopic (exact) mass is 1340 g/mol. The second-order valence-corrected chi connectivity index (χ2v) is 27.5. The third kappa shape index (κ3) is 15.3. The molecule has 0 bridgehead atoms. The Morgan fingerprint density at radius 3 is 1.24 bits per heavy atom. The number of carbonyl (C=O) groups excluding carboxylic acids is 4. The van der Waals surface area contributed by atoms with Crippen molar-refractivity contribution in [3.05, 3.63) is 186 Å². The number of rotatable bonds is 23. The van der Waals surface area contributed by atoms with Crippen molar-refractivity contribution in [1.82, 2.24) is 21.3 Å². The van der Waals surface area contributed by atoms with Crippen molar-refractivity contribution >= 4 is 81.4 Å². The zero-order chi connectivity index (χ0) is 67.0. The first-order valence-corrected chi connectivity index (χ1v) is 31.8. The lowest BCUT2D eigenvalue weighted by Crippen LogP contribution is -2.45. The van der Waals surface area contributed by atoms with Crippen LogP contribution < -0.4 is 41.4 Å². The average Bonchev–Trinajstić information content (AvgIpc) is 1.53. The highest BCUT2D eigenvalue weighted by molar-refractivity contribution is 6.31. The van der Waals surface area contributed by atoms with Crippen LogP contribution in [0.3, 0.4) is 0 Å². The van der Waals surface area contributed by atoms with Crippen molar-refractivity contribution in [3.8, 4) is 23.6 Å². The molecule has 0 radical (unpaired) electrons. The van der Waals surface area contributed by atoms with Crippen LogP contribution in [-0.4, -0.2) is 75.1 Å². The zero-order valence-electron chi connectivity index (χ0n) is 52.3. The summed E-state index contributed by atoms with van der Waals surface area (Å²) in [7, 11) is 2.76. The maximum absolute atomic E-state index is 16.2. The van der Waals surface area contributed by atoms with E-state index >= 15 is 17.6 Å². The van der Waals surface area contributed by atoms with Gasteiger partial charge in [-0.1, -0.05) is 150 Å². The molecular formula is C70H74Cl4F4N8O6. The quantitative estimate of drug-likeness (QED) is 0.0264. The highest BCUT2D eigenvalue weighted by Gasteiger charge is 2.63. The van der Waals surface area contributed by atoms with Crippen LogP contribution in [0, 0.1) is 56.8 Å². The van der Waals surface area contributed by atoms with Gasteiger partial charge in [-0.05, 0) is 120 Å². The van der Waals surface area contributed by atoms with Crippen molar-refractivity contribution in [1.29, 1.82) is 10.5 Å². The molecule has 0 unspecified atom stereocenters. The predicted octanol–water partition coefficient (Wildman–Crippen LogP) is 15.3. The van der Waals surface area contributed by atoms with Gasteiger partial charge in [0, 0.05) is 69.3 Å². The normalized spacial score (nSPS) is 21.2. The molecule has 0 saturated carbocycles. The molecular weight excluding hydrogens is 1270 g/mol. The van der Waals surface area contributed by atoms with E-state index in [1.807, 2.05) is 41.5 Å². The van der Waals surface area contributed by atoms with Crippen LogP contribution in [0.25, 0.3) is 0 Å². The Balaban J connectivity index is 0.828. The van der Waals surface area contributed by atoms with Gasteiger partial charge >= 0.3 is 0 Å². The number of ether oxygens (including phenoxy) is 2. The maximum Gasteiger partial charge on any atom is 0.251 e. The number of amides is 4. The van der Waals surface area contributed by atoms with E-state index in [1.165, 1.54) is 111 Å². The second kappa shape index (κ2) is 29.7. The van der Waals surface area contributed by atoms with E-state index < -0.39 is 92.7 Å². The molecule has 0 aliphatic carbocycles. The summed E-state index contributed by atoms with van der Waals surface area (Å²) in [6.45, 7) is 12.4. The van der Waals surface area contributed by atoms with Crippen LogP contribution in [0.1, 0.15) is 148 Å². The van der Waals surface area contributed by atoms with E-state index in [9.17, 15) is 29.7 Å². The molecule has 2 aliphatic heterocycles. The van der Waals surface area contributed by atoms with Crippen molar-refractivity contribution in [2.75, 3.05) is 37.9 Å². The fourth-order valence-electron chi connectivity index (χ4n) is 13.0. The number of nitriles is 2. The molecule has 8 rings (SSSR count). The zero-order valence-corrected chi connectivity index (χ0v) is 55.3. The topological polar surface area (TPSA) is 206 Å². The Kier molecular flexibility index (Phi) is 22.7. The summed E-state index contributed by atoms with van der Waals surface area (Å²) in [5.74, 6) is -7.68. The standard InChI is InChI=1S/C70H74Cl4F4N8O6/c1-67(2,3)35-55-69(37-79,45-25-23-41(71)33-49(45)75)57(43-17-15-19-47(73)59(43)77)61(85-55)65(89)83-51-27-21-39(31-53(51)91-7)63(87)81-29-13-11-9-10-12-14-30-82-64(88)40-22-28-52(54(32-40)92-8)84-66(90)62-58(44-18-16-20-48(74)60(44)78)70(38-80,56(86-62)36-68(4,5)6)46-26-24-42(72)34-50(46)76/h15-28,31-34,55-58,61-62,85-86H,9-14,29-30,35-36H2,1-8H3,(H,81,87)(H,82,88)(H,83,89)(H,84,90)/t55-,56-,57-,58-,61+,62+,69-,70-/m0/s1. The summed E-state index contributed by atoms with van der Waals surface area (Å²) >= 11 is 25.0. The summed E-state index contributed by atoms with van der Waals surface area (Å²) in [6, 6.07) is 25.8. The summed E-state index contributed by atoms with van der Waals surface area (Å²) < 4.78 is 76.1. The van der Waals surface area contributed by atoms with Gasteiger partial charge in [0.1, 0.15) is 45.6 Å². The number of anilines is 2. The molecule has 6 N–H and O–H groups in total. The number of hydrogen-bond donors (Lipinski definition) is 6. The highest BCUT2D eigenvalue weighted by Crippen LogP contribution is 2.55. The summed E-state index contributed by atoms with van der Waals surface area (Å²) in [4.78, 5) is 56.0. The minimum absolute atomic E-state index is 0.0588. The second-order valence-electron chi connectivity index (χ2n) is 25.8. The fourth-order valence-corrected chi connectivity index (χ4v) is 13.7. The Morgan fingerprint density at radius 2 is 0.902 bits per heavy atom. The van der Waals surface area contributed by atoms with Crippen molar-refractivity contribution < 1.29 is 46.2 Å². The first-order valence-electron chi connectivity index (χ1n) is 30.3. The number of halogens is 8. The van der Waals surface area contributed by atoms with Crippen LogP contribution in [0.15, 0.2) is 109 Å². The minimum Gasteiger partial charge on any atom is -0.495 e. The molecule has 4 amide bonds. The van der Waals surface area contributed by atoms with Gasteiger partial charge in [-0.25, -0.2) is 17.6 Å². The van der Waals surface area contributed by atoms with Gasteiger partial charge in [0.25, 0.3) is 11.8 Å². The van der Waals surface area contributed by atoms with Crippen molar-refractivity contribution in [2.45, 2.75) is 140 Å². The summed E-state index contributed by atoms with van der Waals surface area (Å²) in [5.41, 5.74) is -3.91. The molecule has 2 heterocycles. The lowest BCUT2D eigenvalue weighted by Gasteiger charge is -2.37. The molecule has 486 valence electrons. The number of nitrogens with zero attached hydrogens (tertiary/aromatic N) is 2. The SMILES string of the molecule is COc1cc(C(=O)NCCCCCCCCNC(=O)c2ccc(NC(=O)[C@@H]3N[C@@H](CC(C)(C)C)[C@](C#N)(c4ccc(Cl)cc4F)[C@H]3c3cccc(Cl)c3F)c(OC)c2)ccc1NC(=O)[C@@H]1N[C@@H](CC(C)(C)C)[C@](C#N)(c2ccc(Cl)cc2F)[C@H]1c1cccc(Cl)c1F.